The zero-order chi connectivity index (χ0) is 9.61. The zero-order valence-electron chi connectivity index (χ0n) is 8.80. The van der Waals surface area contributed by atoms with Crippen molar-refractivity contribution >= 4 is 0 Å². The van der Waals surface area contributed by atoms with Crippen LogP contribution in [-0.4, -0.2) is 11.2 Å². The third-order valence-corrected chi connectivity index (χ3v) is 1.64. The van der Waals surface area contributed by atoms with E-state index >= 15 is 0 Å². The summed E-state index contributed by atoms with van der Waals surface area (Å²) in [6.45, 7) is 8.57. The molecule has 1 N–H and O–H groups in total. The Balaban J connectivity index is 3.66. The molecule has 1 nitrogen and oxygen atoms in total. The molecule has 0 amide bonds. The van der Waals surface area contributed by atoms with Crippen LogP contribution in [0.1, 0.15) is 47.0 Å². The molecule has 0 saturated heterocycles. The lowest BCUT2D eigenvalue weighted by atomic mass is 9.89. The Morgan fingerprint density at radius 2 is 1.92 bits per heavy atom. The van der Waals surface area contributed by atoms with Gasteiger partial charge in [0.15, 0.2) is 0 Å². The molecular weight excluding hydrogens is 148 g/mol. The molecule has 0 spiro atoms. The van der Waals surface area contributed by atoms with Gasteiger partial charge >= 0.3 is 0 Å². The Bertz CT molecular complexity index is 130. The Labute approximate surface area is 76.5 Å². The molecule has 0 fully saturated rings. The average Bonchev–Trinajstić information content (AvgIpc) is 1.84. The van der Waals surface area contributed by atoms with Gasteiger partial charge in [-0.3, -0.25) is 0 Å². The quantitative estimate of drug-likeness (QED) is 0.643. The van der Waals surface area contributed by atoms with Crippen LogP contribution in [0.25, 0.3) is 0 Å². The van der Waals surface area contributed by atoms with Crippen LogP contribution in [0, 0.1) is 5.41 Å². The van der Waals surface area contributed by atoms with E-state index in [0.717, 1.165) is 19.3 Å². The number of rotatable bonds is 4. The van der Waals surface area contributed by atoms with Gasteiger partial charge in [0.1, 0.15) is 0 Å². The highest BCUT2D eigenvalue weighted by atomic mass is 16.3. The first-order chi connectivity index (χ1) is 5.45. The second kappa shape index (κ2) is 5.36. The lowest BCUT2D eigenvalue weighted by Crippen LogP contribution is -2.15. The standard InChI is InChI=1S/C11H22O/c1-5-6-7-8-10(12)9-11(2,3)4/h7-8,10,12H,5-6,9H2,1-4H3/b8-7+. The predicted molar refractivity (Wildman–Crippen MR) is 54.1 cm³/mol. The maximum absolute atomic E-state index is 9.52. The second-order valence-electron chi connectivity index (χ2n) is 4.55. The van der Waals surface area contributed by atoms with Crippen LogP contribution < -0.4 is 0 Å². The Morgan fingerprint density at radius 1 is 1.33 bits per heavy atom. The fraction of sp³-hybridized carbons (Fsp3) is 0.818. The van der Waals surface area contributed by atoms with Crippen molar-refractivity contribution in [3.63, 3.8) is 0 Å². The number of unbranched alkanes of at least 4 members (excludes halogenated alkanes) is 1. The minimum atomic E-state index is -0.267. The van der Waals surface area contributed by atoms with E-state index in [2.05, 4.69) is 33.8 Å². The molecule has 0 aromatic carbocycles. The highest BCUT2D eigenvalue weighted by Gasteiger charge is 2.13. The van der Waals surface area contributed by atoms with Gasteiger partial charge in [-0.15, -0.1) is 0 Å². The van der Waals surface area contributed by atoms with Crippen molar-refractivity contribution < 1.29 is 5.11 Å². The molecular formula is C11H22O. The number of hydrogen-bond acceptors (Lipinski definition) is 1. The maximum Gasteiger partial charge on any atom is 0.0725 e. The maximum atomic E-state index is 9.52. The summed E-state index contributed by atoms with van der Waals surface area (Å²) in [5.41, 5.74) is 0.218. The number of aliphatic hydroxyl groups is 1. The lowest BCUT2D eigenvalue weighted by molar-refractivity contribution is 0.161. The number of aliphatic hydroxyl groups excluding tert-OH is 1. The van der Waals surface area contributed by atoms with Crippen molar-refractivity contribution in [1.29, 1.82) is 0 Å². The van der Waals surface area contributed by atoms with Crippen LogP contribution >= 0.6 is 0 Å². The molecule has 0 bridgehead atoms. The summed E-state index contributed by atoms with van der Waals surface area (Å²) in [6, 6.07) is 0. The van der Waals surface area contributed by atoms with Gasteiger partial charge < -0.3 is 5.11 Å². The summed E-state index contributed by atoms with van der Waals surface area (Å²) in [6.07, 6.45) is 6.77. The molecule has 0 radical (unpaired) electrons. The van der Waals surface area contributed by atoms with Gasteiger partial charge in [-0.05, 0) is 18.3 Å². The largest absolute Gasteiger partial charge is 0.389 e. The summed E-state index contributed by atoms with van der Waals surface area (Å²) in [5.74, 6) is 0. The van der Waals surface area contributed by atoms with Crippen LogP contribution in [0.3, 0.4) is 0 Å². The summed E-state index contributed by atoms with van der Waals surface area (Å²) >= 11 is 0. The van der Waals surface area contributed by atoms with E-state index in [1.165, 1.54) is 0 Å². The molecule has 0 aromatic heterocycles. The third kappa shape index (κ3) is 7.80. The first kappa shape index (κ1) is 11.7. The van der Waals surface area contributed by atoms with Crippen molar-refractivity contribution in [3.05, 3.63) is 12.2 Å². The first-order valence-corrected chi connectivity index (χ1v) is 4.80. The predicted octanol–water partition coefficient (Wildman–Crippen LogP) is 3.14. The van der Waals surface area contributed by atoms with Crippen molar-refractivity contribution in [2.45, 2.75) is 53.1 Å². The van der Waals surface area contributed by atoms with Crippen LogP contribution in [0.4, 0.5) is 0 Å². The molecule has 72 valence electrons. The number of allylic oxidation sites excluding steroid dienone is 1. The topological polar surface area (TPSA) is 20.2 Å². The van der Waals surface area contributed by atoms with Crippen LogP contribution in [-0.2, 0) is 0 Å². The lowest BCUT2D eigenvalue weighted by Gasteiger charge is -2.20. The van der Waals surface area contributed by atoms with E-state index in [9.17, 15) is 5.11 Å². The van der Waals surface area contributed by atoms with Gasteiger partial charge in [-0.25, -0.2) is 0 Å². The van der Waals surface area contributed by atoms with E-state index in [4.69, 9.17) is 0 Å². The molecule has 1 unspecified atom stereocenters. The molecule has 0 aliphatic carbocycles. The molecule has 0 aromatic rings. The highest BCUT2D eigenvalue weighted by Crippen LogP contribution is 2.21. The van der Waals surface area contributed by atoms with E-state index in [-0.39, 0.29) is 11.5 Å². The fourth-order valence-corrected chi connectivity index (χ4v) is 1.12. The van der Waals surface area contributed by atoms with Crippen molar-refractivity contribution in [2.75, 3.05) is 0 Å². The van der Waals surface area contributed by atoms with Gasteiger partial charge in [0.25, 0.3) is 0 Å². The summed E-state index contributed by atoms with van der Waals surface area (Å²) in [5, 5.41) is 9.52. The summed E-state index contributed by atoms with van der Waals surface area (Å²) in [7, 11) is 0. The van der Waals surface area contributed by atoms with E-state index in [0.29, 0.717) is 0 Å². The molecule has 0 aliphatic rings. The zero-order valence-corrected chi connectivity index (χ0v) is 8.80. The van der Waals surface area contributed by atoms with E-state index in [1.54, 1.807) is 0 Å². The van der Waals surface area contributed by atoms with Crippen LogP contribution in [0.15, 0.2) is 12.2 Å². The SMILES string of the molecule is CCC/C=C/C(O)CC(C)(C)C. The minimum Gasteiger partial charge on any atom is -0.389 e. The van der Waals surface area contributed by atoms with Gasteiger partial charge in [-0.2, -0.15) is 0 Å². The highest BCUT2D eigenvalue weighted by molar-refractivity contribution is 4.90. The smallest absolute Gasteiger partial charge is 0.0725 e. The monoisotopic (exact) mass is 170 g/mol. The normalized spacial score (nSPS) is 15.4. The Kier molecular flexibility index (Phi) is 5.23. The molecule has 12 heavy (non-hydrogen) atoms. The second-order valence-corrected chi connectivity index (χ2v) is 4.55. The van der Waals surface area contributed by atoms with Crippen molar-refractivity contribution in [2.24, 2.45) is 5.41 Å². The van der Waals surface area contributed by atoms with Crippen LogP contribution in [0.5, 0.6) is 0 Å². The van der Waals surface area contributed by atoms with Crippen molar-refractivity contribution in [1.82, 2.24) is 0 Å². The molecule has 1 atom stereocenters. The third-order valence-electron chi connectivity index (χ3n) is 1.64. The molecule has 0 heterocycles. The van der Waals surface area contributed by atoms with Gasteiger partial charge in [0, 0.05) is 0 Å². The Morgan fingerprint density at radius 3 is 2.33 bits per heavy atom. The van der Waals surface area contributed by atoms with E-state index < -0.39 is 0 Å². The van der Waals surface area contributed by atoms with Gasteiger partial charge in [0.05, 0.1) is 6.10 Å². The number of hydrogen-bond donors (Lipinski definition) is 1. The van der Waals surface area contributed by atoms with Crippen molar-refractivity contribution in [3.8, 4) is 0 Å². The summed E-state index contributed by atoms with van der Waals surface area (Å²) in [4.78, 5) is 0. The average molecular weight is 170 g/mol. The fourth-order valence-electron chi connectivity index (χ4n) is 1.12. The molecule has 1 heteroatoms. The summed E-state index contributed by atoms with van der Waals surface area (Å²) < 4.78 is 0. The first-order valence-electron chi connectivity index (χ1n) is 4.80. The molecule has 0 saturated carbocycles. The Hall–Kier alpha value is -0.300. The van der Waals surface area contributed by atoms with E-state index in [1.807, 2.05) is 6.08 Å². The van der Waals surface area contributed by atoms with Crippen LogP contribution in [0.2, 0.25) is 0 Å². The van der Waals surface area contributed by atoms with Gasteiger partial charge in [0.2, 0.25) is 0 Å². The minimum absolute atomic E-state index is 0.218. The molecule has 0 aliphatic heterocycles. The molecule has 0 rings (SSSR count). The van der Waals surface area contributed by atoms with Gasteiger partial charge in [-0.1, -0.05) is 46.3 Å².